The van der Waals surface area contributed by atoms with Gasteiger partial charge in [-0.05, 0) is 47.6 Å². The van der Waals surface area contributed by atoms with Crippen molar-refractivity contribution >= 4 is 5.69 Å². The van der Waals surface area contributed by atoms with E-state index >= 15 is 0 Å². The fraction of sp³-hybridized carbons (Fsp3) is 0.333. The van der Waals surface area contributed by atoms with Crippen LogP contribution in [-0.2, 0) is 4.74 Å². The van der Waals surface area contributed by atoms with Crippen LogP contribution in [0.15, 0.2) is 43.0 Å². The van der Waals surface area contributed by atoms with E-state index in [1.54, 1.807) is 44.0 Å². The molecule has 1 saturated carbocycles. The third-order valence-electron chi connectivity index (χ3n) is 5.64. The molecular formula is C21H19F2N5O. The fourth-order valence-electron chi connectivity index (χ4n) is 3.81. The van der Waals surface area contributed by atoms with Crippen LogP contribution in [0.2, 0.25) is 0 Å². The second kappa shape index (κ2) is 7.11. The summed E-state index contributed by atoms with van der Waals surface area (Å²) in [7, 11) is 1.63. The Kier molecular flexibility index (Phi) is 4.43. The normalized spacial score (nSPS) is 21.1. The van der Waals surface area contributed by atoms with Gasteiger partial charge in [-0.25, -0.2) is 28.7 Å². The quantitative estimate of drug-likeness (QED) is 0.660. The van der Waals surface area contributed by atoms with Crippen molar-refractivity contribution in [3.8, 4) is 11.6 Å². The summed E-state index contributed by atoms with van der Waals surface area (Å²) in [6.45, 7) is 1.14. The number of rotatable bonds is 5. The van der Waals surface area contributed by atoms with Gasteiger partial charge in [-0.2, -0.15) is 0 Å². The molecule has 0 amide bonds. The van der Waals surface area contributed by atoms with Crippen molar-refractivity contribution in [2.24, 2.45) is 0 Å². The molecule has 1 aliphatic carbocycles. The lowest BCUT2D eigenvalue weighted by molar-refractivity contribution is 0.0783. The van der Waals surface area contributed by atoms with Gasteiger partial charge in [0.15, 0.2) is 23.3 Å². The number of nitrogens with zero attached hydrogens (tertiary/aromatic N) is 5. The zero-order valence-corrected chi connectivity index (χ0v) is 15.8. The van der Waals surface area contributed by atoms with Gasteiger partial charge in [-0.1, -0.05) is 0 Å². The van der Waals surface area contributed by atoms with E-state index in [4.69, 9.17) is 4.74 Å². The van der Waals surface area contributed by atoms with Gasteiger partial charge in [0, 0.05) is 45.0 Å². The molecular weight excluding hydrogens is 376 g/mol. The number of benzene rings is 1. The molecule has 0 spiro atoms. The highest BCUT2D eigenvalue weighted by Gasteiger charge is 2.41. The van der Waals surface area contributed by atoms with Crippen molar-refractivity contribution in [2.75, 3.05) is 25.1 Å². The van der Waals surface area contributed by atoms with E-state index in [-0.39, 0.29) is 17.9 Å². The van der Waals surface area contributed by atoms with Crippen molar-refractivity contribution < 1.29 is 13.5 Å². The number of hydrogen-bond donors (Lipinski definition) is 0. The summed E-state index contributed by atoms with van der Waals surface area (Å²) < 4.78 is 33.8. The summed E-state index contributed by atoms with van der Waals surface area (Å²) in [6.07, 6.45) is 7.74. The van der Waals surface area contributed by atoms with Crippen LogP contribution in [0.5, 0.6) is 0 Å². The van der Waals surface area contributed by atoms with Crippen LogP contribution in [0.1, 0.15) is 29.4 Å². The lowest BCUT2D eigenvalue weighted by atomic mass is 10.0. The minimum absolute atomic E-state index is 0.0686. The number of halogens is 2. The number of hydrogen-bond acceptors (Lipinski definition) is 6. The van der Waals surface area contributed by atoms with Crippen LogP contribution in [0.25, 0.3) is 11.6 Å². The number of methoxy groups -OCH3 is 1. The van der Waals surface area contributed by atoms with Crippen molar-refractivity contribution in [3.63, 3.8) is 0 Å². The smallest absolute Gasteiger partial charge is 0.197 e. The maximum Gasteiger partial charge on any atom is 0.197 e. The van der Waals surface area contributed by atoms with Crippen LogP contribution in [-0.4, -0.2) is 46.2 Å². The first-order valence-electron chi connectivity index (χ1n) is 9.50. The van der Waals surface area contributed by atoms with Crippen LogP contribution in [0.4, 0.5) is 14.5 Å². The molecule has 148 valence electrons. The van der Waals surface area contributed by atoms with E-state index in [9.17, 15) is 8.78 Å². The summed E-state index contributed by atoms with van der Waals surface area (Å²) in [6, 6.07) is 4.81. The summed E-state index contributed by atoms with van der Waals surface area (Å²) in [4.78, 5) is 18.8. The average Bonchev–Trinajstić information content (AvgIpc) is 3.52. The van der Waals surface area contributed by atoms with E-state index in [0.717, 1.165) is 17.5 Å². The Hall–Kier alpha value is -3.00. The fourth-order valence-corrected chi connectivity index (χ4v) is 3.81. The molecule has 2 aliphatic rings. The zero-order chi connectivity index (χ0) is 20.0. The van der Waals surface area contributed by atoms with E-state index in [1.807, 2.05) is 4.90 Å². The van der Waals surface area contributed by atoms with Gasteiger partial charge in [0.05, 0.1) is 11.8 Å². The molecule has 1 aromatic carbocycles. The molecule has 29 heavy (non-hydrogen) atoms. The predicted octanol–water partition coefficient (Wildman–Crippen LogP) is 3.32. The highest BCUT2D eigenvalue weighted by molar-refractivity contribution is 5.55. The van der Waals surface area contributed by atoms with Crippen LogP contribution in [0.3, 0.4) is 0 Å². The molecule has 3 heterocycles. The third-order valence-corrected chi connectivity index (χ3v) is 5.64. The molecule has 8 heteroatoms. The first kappa shape index (κ1) is 18.1. The average molecular weight is 395 g/mol. The molecule has 2 aromatic heterocycles. The van der Waals surface area contributed by atoms with Crippen LogP contribution in [0, 0.1) is 11.6 Å². The highest BCUT2D eigenvalue weighted by atomic mass is 19.2. The van der Waals surface area contributed by atoms with Crippen LogP contribution < -0.4 is 4.90 Å². The molecule has 2 unspecified atom stereocenters. The summed E-state index contributed by atoms with van der Waals surface area (Å²) in [5, 5.41) is 0. The molecule has 0 N–H and O–H groups in total. The van der Waals surface area contributed by atoms with Gasteiger partial charge < -0.3 is 9.64 Å². The molecule has 0 bridgehead atoms. The Morgan fingerprint density at radius 1 is 0.931 bits per heavy atom. The highest BCUT2D eigenvalue weighted by Crippen LogP contribution is 2.55. The lowest BCUT2D eigenvalue weighted by Gasteiger charge is -2.40. The van der Waals surface area contributed by atoms with Crippen LogP contribution >= 0.6 is 0 Å². The summed E-state index contributed by atoms with van der Waals surface area (Å²) in [5.41, 5.74) is 2.09. The predicted molar refractivity (Wildman–Crippen MR) is 103 cm³/mol. The summed E-state index contributed by atoms with van der Waals surface area (Å²) in [5.74, 6) is -0.340. The van der Waals surface area contributed by atoms with Crippen molar-refractivity contribution in [3.05, 3.63) is 65.7 Å². The molecule has 6 nitrogen and oxygen atoms in total. The molecule has 1 saturated heterocycles. The van der Waals surface area contributed by atoms with Gasteiger partial charge >= 0.3 is 0 Å². The molecule has 1 aliphatic heterocycles. The number of aromatic nitrogens is 4. The monoisotopic (exact) mass is 395 g/mol. The Bertz CT molecular complexity index is 1030. The zero-order valence-electron chi connectivity index (χ0n) is 15.8. The van der Waals surface area contributed by atoms with Crippen molar-refractivity contribution in [1.82, 2.24) is 19.9 Å². The lowest BCUT2D eigenvalue weighted by Crippen LogP contribution is -2.52. The molecule has 3 aromatic rings. The SMILES string of the molecule is COC1CN(c2cc(C3CC3c3cnc(-c4ncccn4)nc3)cc(F)c2F)C1. The second-order valence-electron chi connectivity index (χ2n) is 7.46. The van der Waals surface area contributed by atoms with Gasteiger partial charge in [0.1, 0.15) is 0 Å². The maximum atomic E-state index is 14.3. The standard InChI is InChI=1S/C21H19F2N5O/c1-29-14-10-28(11-14)18-6-12(5-17(22)19(18)23)15-7-16(15)13-8-26-21(27-9-13)20-24-3-2-4-25-20/h2-6,8-9,14-16H,7,10-11H2,1H3. The maximum absolute atomic E-state index is 14.3. The Labute approximate surface area is 166 Å². The van der Waals surface area contributed by atoms with Crippen molar-refractivity contribution in [2.45, 2.75) is 24.4 Å². The minimum Gasteiger partial charge on any atom is -0.378 e. The third kappa shape index (κ3) is 3.33. The van der Waals surface area contributed by atoms with E-state index < -0.39 is 11.6 Å². The molecule has 5 rings (SSSR count). The molecule has 2 atom stereocenters. The number of anilines is 1. The van der Waals surface area contributed by atoms with Gasteiger partial charge in [0.2, 0.25) is 0 Å². The summed E-state index contributed by atoms with van der Waals surface area (Å²) >= 11 is 0. The van der Waals surface area contributed by atoms with Gasteiger partial charge in [-0.3, -0.25) is 0 Å². The van der Waals surface area contributed by atoms with Crippen molar-refractivity contribution in [1.29, 1.82) is 0 Å². The Balaban J connectivity index is 1.34. The first-order chi connectivity index (χ1) is 14.1. The van der Waals surface area contributed by atoms with E-state index in [2.05, 4.69) is 19.9 Å². The van der Waals surface area contributed by atoms with Gasteiger partial charge in [0.25, 0.3) is 0 Å². The Morgan fingerprint density at radius 2 is 1.59 bits per heavy atom. The second-order valence-corrected chi connectivity index (χ2v) is 7.46. The van der Waals surface area contributed by atoms with E-state index in [0.29, 0.717) is 30.4 Å². The first-order valence-corrected chi connectivity index (χ1v) is 9.50. The topological polar surface area (TPSA) is 64.0 Å². The molecule has 2 fully saturated rings. The van der Waals surface area contributed by atoms with Gasteiger partial charge in [-0.15, -0.1) is 0 Å². The minimum atomic E-state index is -0.808. The largest absolute Gasteiger partial charge is 0.378 e. The molecule has 0 radical (unpaired) electrons. The Morgan fingerprint density at radius 3 is 2.28 bits per heavy atom. The number of ether oxygens (including phenoxy) is 1. The van der Waals surface area contributed by atoms with E-state index in [1.165, 1.54) is 6.07 Å².